The molecule has 4 unspecified atom stereocenters. The number of unbranched alkanes of at least 4 members (excludes halogenated alkanes) is 1. The summed E-state index contributed by atoms with van der Waals surface area (Å²) in [5, 5.41) is 3.13. The van der Waals surface area contributed by atoms with Gasteiger partial charge in [-0.1, -0.05) is 33.6 Å². The highest BCUT2D eigenvalue weighted by atomic mass is 16.2. The lowest BCUT2D eigenvalue weighted by Crippen LogP contribution is -2.49. The Morgan fingerprint density at radius 2 is 2.12 bits per heavy atom. The molecule has 1 aliphatic carbocycles. The van der Waals surface area contributed by atoms with Gasteiger partial charge in [0.15, 0.2) is 0 Å². The minimum atomic E-state index is -0.318. The maximum atomic E-state index is 11.9. The second kappa shape index (κ2) is 7.00. The first-order valence-electron chi connectivity index (χ1n) is 7.10. The Morgan fingerprint density at radius 1 is 1.41 bits per heavy atom. The summed E-state index contributed by atoms with van der Waals surface area (Å²) < 4.78 is 0. The summed E-state index contributed by atoms with van der Waals surface area (Å²) in [5.74, 6) is 1.43. The van der Waals surface area contributed by atoms with E-state index in [0.717, 1.165) is 31.6 Å². The van der Waals surface area contributed by atoms with Crippen molar-refractivity contribution in [3.05, 3.63) is 0 Å². The number of rotatable bonds is 5. The summed E-state index contributed by atoms with van der Waals surface area (Å²) in [7, 11) is 0. The van der Waals surface area contributed by atoms with Crippen LogP contribution in [-0.2, 0) is 4.79 Å². The minimum Gasteiger partial charge on any atom is -0.352 e. The van der Waals surface area contributed by atoms with Gasteiger partial charge in [-0.3, -0.25) is 4.79 Å². The fraction of sp³-hybridized carbons (Fsp3) is 0.929. The van der Waals surface area contributed by atoms with Crippen molar-refractivity contribution in [3.63, 3.8) is 0 Å². The zero-order valence-corrected chi connectivity index (χ0v) is 11.5. The van der Waals surface area contributed by atoms with Crippen LogP contribution >= 0.6 is 0 Å². The average molecular weight is 240 g/mol. The second-order valence-electron chi connectivity index (χ2n) is 5.76. The Balaban J connectivity index is 2.34. The Labute approximate surface area is 106 Å². The molecule has 1 rings (SSSR count). The standard InChI is InChI=1S/C14H28N2O/c1-4-5-6-12(15)14(17)16-13-8-7-10(2)9-11(13)3/h10-13H,4-9,15H2,1-3H3,(H,16,17). The van der Waals surface area contributed by atoms with Gasteiger partial charge in [0, 0.05) is 6.04 Å². The van der Waals surface area contributed by atoms with Crippen molar-refractivity contribution in [2.24, 2.45) is 17.6 Å². The van der Waals surface area contributed by atoms with E-state index < -0.39 is 0 Å². The molecule has 0 heterocycles. The third-order valence-electron chi connectivity index (χ3n) is 3.96. The van der Waals surface area contributed by atoms with Crippen LogP contribution in [-0.4, -0.2) is 18.0 Å². The van der Waals surface area contributed by atoms with Crippen LogP contribution in [0.1, 0.15) is 59.3 Å². The first kappa shape index (κ1) is 14.5. The minimum absolute atomic E-state index is 0.0462. The van der Waals surface area contributed by atoms with Gasteiger partial charge in [-0.2, -0.15) is 0 Å². The summed E-state index contributed by atoms with van der Waals surface area (Å²) >= 11 is 0. The Morgan fingerprint density at radius 3 is 2.71 bits per heavy atom. The molecule has 3 N–H and O–H groups in total. The Bertz CT molecular complexity index is 242. The highest BCUT2D eigenvalue weighted by Gasteiger charge is 2.27. The van der Waals surface area contributed by atoms with E-state index in [0.29, 0.717) is 12.0 Å². The van der Waals surface area contributed by atoms with Gasteiger partial charge >= 0.3 is 0 Å². The van der Waals surface area contributed by atoms with E-state index in [1.54, 1.807) is 0 Å². The Hall–Kier alpha value is -0.570. The van der Waals surface area contributed by atoms with Crippen molar-refractivity contribution in [3.8, 4) is 0 Å². The largest absolute Gasteiger partial charge is 0.352 e. The first-order chi connectivity index (χ1) is 8.04. The van der Waals surface area contributed by atoms with Crippen molar-refractivity contribution in [1.29, 1.82) is 0 Å². The average Bonchev–Trinajstić information content (AvgIpc) is 2.29. The maximum Gasteiger partial charge on any atom is 0.237 e. The van der Waals surface area contributed by atoms with Gasteiger partial charge in [0.05, 0.1) is 6.04 Å². The highest BCUT2D eigenvalue weighted by Crippen LogP contribution is 2.28. The fourth-order valence-electron chi connectivity index (χ4n) is 2.72. The van der Waals surface area contributed by atoms with Gasteiger partial charge < -0.3 is 11.1 Å². The van der Waals surface area contributed by atoms with E-state index in [1.165, 1.54) is 12.8 Å². The quantitative estimate of drug-likeness (QED) is 0.775. The van der Waals surface area contributed by atoms with Gasteiger partial charge in [-0.15, -0.1) is 0 Å². The molecule has 0 aromatic heterocycles. The van der Waals surface area contributed by atoms with E-state index in [4.69, 9.17) is 5.73 Å². The van der Waals surface area contributed by atoms with Crippen LogP contribution in [0.2, 0.25) is 0 Å². The number of hydrogen-bond donors (Lipinski definition) is 2. The topological polar surface area (TPSA) is 55.1 Å². The summed E-state index contributed by atoms with van der Waals surface area (Å²) in [6, 6.07) is 0.0212. The molecule has 1 aliphatic rings. The third kappa shape index (κ3) is 4.66. The van der Waals surface area contributed by atoms with Crippen molar-refractivity contribution in [1.82, 2.24) is 5.32 Å². The fourth-order valence-corrected chi connectivity index (χ4v) is 2.72. The number of amides is 1. The maximum absolute atomic E-state index is 11.9. The second-order valence-corrected chi connectivity index (χ2v) is 5.76. The van der Waals surface area contributed by atoms with Crippen molar-refractivity contribution in [2.75, 3.05) is 0 Å². The molecule has 17 heavy (non-hydrogen) atoms. The van der Waals surface area contributed by atoms with E-state index in [2.05, 4.69) is 26.1 Å². The number of hydrogen-bond acceptors (Lipinski definition) is 2. The number of carbonyl (C=O) groups excluding carboxylic acids is 1. The van der Waals surface area contributed by atoms with Gasteiger partial charge in [0.25, 0.3) is 0 Å². The van der Waals surface area contributed by atoms with E-state index >= 15 is 0 Å². The lowest BCUT2D eigenvalue weighted by molar-refractivity contribution is -0.123. The summed E-state index contributed by atoms with van der Waals surface area (Å²) in [5.41, 5.74) is 5.88. The molecule has 0 spiro atoms. The SMILES string of the molecule is CCCCC(N)C(=O)NC1CCC(C)CC1C. The third-order valence-corrected chi connectivity index (χ3v) is 3.96. The zero-order valence-electron chi connectivity index (χ0n) is 11.5. The van der Waals surface area contributed by atoms with Crippen LogP contribution in [0.3, 0.4) is 0 Å². The van der Waals surface area contributed by atoms with Crippen LogP contribution in [0.25, 0.3) is 0 Å². The van der Waals surface area contributed by atoms with Gasteiger partial charge in [0.2, 0.25) is 5.91 Å². The van der Waals surface area contributed by atoms with Crippen LogP contribution < -0.4 is 11.1 Å². The zero-order chi connectivity index (χ0) is 12.8. The summed E-state index contributed by atoms with van der Waals surface area (Å²) in [4.78, 5) is 11.9. The van der Waals surface area contributed by atoms with E-state index in [1.807, 2.05) is 0 Å². The van der Waals surface area contributed by atoms with Gasteiger partial charge in [0.1, 0.15) is 0 Å². The summed E-state index contributed by atoms with van der Waals surface area (Å²) in [6.45, 7) is 6.65. The first-order valence-corrected chi connectivity index (χ1v) is 7.10. The number of nitrogens with one attached hydrogen (secondary N) is 1. The molecule has 3 nitrogen and oxygen atoms in total. The molecule has 0 aliphatic heterocycles. The lowest BCUT2D eigenvalue weighted by atomic mass is 9.80. The van der Waals surface area contributed by atoms with Gasteiger partial charge in [-0.25, -0.2) is 0 Å². The van der Waals surface area contributed by atoms with Crippen molar-refractivity contribution in [2.45, 2.75) is 71.4 Å². The molecule has 1 fully saturated rings. The monoisotopic (exact) mass is 240 g/mol. The predicted octanol–water partition coefficient (Wildman–Crippen LogP) is 2.44. The van der Waals surface area contributed by atoms with Crippen LogP contribution in [0.4, 0.5) is 0 Å². The van der Waals surface area contributed by atoms with Crippen molar-refractivity contribution >= 4 is 5.91 Å². The molecule has 0 aromatic carbocycles. The molecule has 0 bridgehead atoms. The highest BCUT2D eigenvalue weighted by molar-refractivity contribution is 5.81. The molecule has 100 valence electrons. The number of nitrogens with two attached hydrogens (primary N) is 1. The molecule has 3 heteroatoms. The molecular weight excluding hydrogens is 212 g/mol. The van der Waals surface area contributed by atoms with Crippen LogP contribution in [0.5, 0.6) is 0 Å². The van der Waals surface area contributed by atoms with Crippen LogP contribution in [0, 0.1) is 11.8 Å². The smallest absolute Gasteiger partial charge is 0.237 e. The van der Waals surface area contributed by atoms with E-state index in [9.17, 15) is 4.79 Å². The normalized spacial score (nSPS) is 30.9. The lowest BCUT2D eigenvalue weighted by Gasteiger charge is -2.33. The molecule has 0 saturated heterocycles. The van der Waals surface area contributed by atoms with E-state index in [-0.39, 0.29) is 11.9 Å². The molecule has 4 atom stereocenters. The predicted molar refractivity (Wildman–Crippen MR) is 71.6 cm³/mol. The molecular formula is C14H28N2O. The Kier molecular flexibility index (Phi) is 5.96. The molecule has 0 radical (unpaired) electrons. The molecule has 1 saturated carbocycles. The van der Waals surface area contributed by atoms with Crippen molar-refractivity contribution < 1.29 is 4.79 Å². The van der Waals surface area contributed by atoms with Gasteiger partial charge in [-0.05, 0) is 37.5 Å². The van der Waals surface area contributed by atoms with Crippen LogP contribution in [0.15, 0.2) is 0 Å². The molecule has 0 aromatic rings. The summed E-state index contributed by atoms with van der Waals surface area (Å²) in [6.07, 6.45) is 6.48. The molecule has 1 amide bonds. The number of carbonyl (C=O) groups is 1.